The van der Waals surface area contributed by atoms with Gasteiger partial charge >= 0.3 is 17.9 Å². The van der Waals surface area contributed by atoms with E-state index >= 15 is 0 Å². The first-order valence-electron chi connectivity index (χ1n) is 16.6. The molecule has 41 heavy (non-hydrogen) atoms. The van der Waals surface area contributed by atoms with Gasteiger partial charge in [0.05, 0.1) is 34.4 Å². The molecule has 0 rings (SSSR count). The van der Waals surface area contributed by atoms with Gasteiger partial charge < -0.3 is 23.8 Å². The molecule has 0 aliphatic rings. The fourth-order valence-corrected chi connectivity index (χ4v) is 4.85. The third-order valence-corrected chi connectivity index (χ3v) is 7.51. The van der Waals surface area contributed by atoms with E-state index in [1.807, 2.05) is 21.1 Å². The lowest BCUT2D eigenvalue weighted by Crippen LogP contribution is -2.50. The predicted octanol–water partition coefficient (Wildman–Crippen LogP) is 7.46. The van der Waals surface area contributed by atoms with Crippen LogP contribution < -0.4 is 0 Å². The first kappa shape index (κ1) is 39.3. The van der Waals surface area contributed by atoms with Gasteiger partial charge in [0.25, 0.3) is 0 Å². The second-order valence-electron chi connectivity index (χ2n) is 12.4. The highest BCUT2D eigenvalue weighted by molar-refractivity contribution is 5.72. The number of carboxylic acids is 1. The molecule has 0 amide bonds. The third kappa shape index (κ3) is 24.6. The summed E-state index contributed by atoms with van der Waals surface area (Å²) in [5.74, 6) is -1.47. The number of likely N-dealkylation sites (N-methyl/N-ethyl adjacent to an activating group) is 1. The van der Waals surface area contributed by atoms with Crippen LogP contribution in [0.2, 0.25) is 0 Å². The number of rotatable bonds is 29. The molecule has 0 spiro atoms. The smallest absolute Gasteiger partial charge is 0.362 e. The standard InChI is InChI=1S/C33H63NO7/c1-6-8-10-12-14-15-16-18-20-22-24-32(36)41-29(27-39-26-25-30(33(37)38)34(3,4)5)28-40-31(35)23-21-19-17-13-11-9-7-2/h29-30H,6-28H2,1-5H3/p+1. The van der Waals surface area contributed by atoms with E-state index in [1.165, 1.54) is 70.6 Å². The number of nitrogens with zero attached hydrogens (tertiary/aromatic N) is 1. The van der Waals surface area contributed by atoms with Gasteiger partial charge in [-0.15, -0.1) is 0 Å². The quantitative estimate of drug-likeness (QED) is 0.0552. The predicted molar refractivity (Wildman–Crippen MR) is 165 cm³/mol. The number of hydrogen-bond donors (Lipinski definition) is 1. The maximum Gasteiger partial charge on any atom is 0.362 e. The zero-order valence-corrected chi connectivity index (χ0v) is 27.3. The number of aliphatic carboxylic acids is 1. The molecule has 8 heteroatoms. The minimum absolute atomic E-state index is 0.0448. The fraction of sp³-hybridized carbons (Fsp3) is 0.909. The minimum Gasteiger partial charge on any atom is -0.477 e. The van der Waals surface area contributed by atoms with E-state index in [1.54, 1.807) is 0 Å². The number of quaternary nitrogens is 1. The zero-order chi connectivity index (χ0) is 30.8. The number of hydrogen-bond acceptors (Lipinski definition) is 6. The van der Waals surface area contributed by atoms with E-state index in [-0.39, 0.29) is 36.2 Å². The van der Waals surface area contributed by atoms with Crippen LogP contribution in [0.1, 0.15) is 142 Å². The maximum absolute atomic E-state index is 12.5. The van der Waals surface area contributed by atoms with Gasteiger partial charge in [0, 0.05) is 19.3 Å². The van der Waals surface area contributed by atoms with Crippen molar-refractivity contribution in [2.45, 2.75) is 154 Å². The Kier molecular flexibility index (Phi) is 24.9. The summed E-state index contributed by atoms with van der Waals surface area (Å²) in [6.07, 6.45) is 20.1. The summed E-state index contributed by atoms with van der Waals surface area (Å²) < 4.78 is 17.1. The highest BCUT2D eigenvalue weighted by Crippen LogP contribution is 2.13. The molecule has 0 saturated carbocycles. The molecule has 0 saturated heterocycles. The Morgan fingerprint density at radius 2 is 1.07 bits per heavy atom. The van der Waals surface area contributed by atoms with E-state index in [4.69, 9.17) is 14.2 Å². The van der Waals surface area contributed by atoms with E-state index < -0.39 is 18.1 Å². The summed E-state index contributed by atoms with van der Waals surface area (Å²) in [4.78, 5) is 36.4. The van der Waals surface area contributed by atoms with Crippen LogP contribution in [0.3, 0.4) is 0 Å². The highest BCUT2D eigenvalue weighted by atomic mass is 16.6. The van der Waals surface area contributed by atoms with Gasteiger partial charge in [0.2, 0.25) is 0 Å². The summed E-state index contributed by atoms with van der Waals surface area (Å²) in [5.41, 5.74) is 0. The number of carboxylic acid groups (broad SMARTS) is 1. The SMILES string of the molecule is CCCCCCCCCCCCC(=O)OC(COCCC(C(=O)O)[N+](C)(C)C)COC(=O)CCCCCCCCC. The van der Waals surface area contributed by atoms with Crippen LogP contribution in [-0.2, 0) is 28.6 Å². The van der Waals surface area contributed by atoms with Crippen molar-refractivity contribution in [3.8, 4) is 0 Å². The van der Waals surface area contributed by atoms with Crippen LogP contribution in [0.5, 0.6) is 0 Å². The number of carbonyl (C=O) groups is 3. The molecule has 0 aromatic carbocycles. The normalized spacial score (nSPS) is 13.1. The maximum atomic E-state index is 12.5. The molecule has 0 radical (unpaired) electrons. The zero-order valence-electron chi connectivity index (χ0n) is 27.3. The Bertz CT molecular complexity index is 662. The molecule has 0 aromatic heterocycles. The second kappa shape index (κ2) is 26.0. The molecular weight excluding hydrogens is 522 g/mol. The van der Waals surface area contributed by atoms with Gasteiger partial charge in [-0.05, 0) is 12.8 Å². The first-order chi connectivity index (χ1) is 19.6. The van der Waals surface area contributed by atoms with E-state index in [2.05, 4.69) is 13.8 Å². The Morgan fingerprint density at radius 1 is 0.634 bits per heavy atom. The van der Waals surface area contributed by atoms with Gasteiger partial charge in [0.1, 0.15) is 6.61 Å². The van der Waals surface area contributed by atoms with E-state index in [0.717, 1.165) is 38.5 Å². The largest absolute Gasteiger partial charge is 0.477 e. The van der Waals surface area contributed by atoms with Gasteiger partial charge in [-0.2, -0.15) is 0 Å². The number of esters is 2. The second-order valence-corrected chi connectivity index (χ2v) is 12.4. The fourth-order valence-electron chi connectivity index (χ4n) is 4.85. The Labute approximate surface area is 251 Å². The Morgan fingerprint density at radius 3 is 1.51 bits per heavy atom. The summed E-state index contributed by atoms with van der Waals surface area (Å²) >= 11 is 0. The molecule has 0 aliphatic carbocycles. The van der Waals surface area contributed by atoms with Crippen LogP contribution in [-0.4, -0.2) is 80.6 Å². The average Bonchev–Trinajstić information content (AvgIpc) is 2.91. The van der Waals surface area contributed by atoms with Crippen LogP contribution in [0, 0.1) is 0 Å². The van der Waals surface area contributed by atoms with Crippen molar-refractivity contribution >= 4 is 17.9 Å². The lowest BCUT2D eigenvalue weighted by molar-refractivity contribution is -0.887. The van der Waals surface area contributed by atoms with Gasteiger partial charge in [-0.1, -0.05) is 110 Å². The molecule has 0 aliphatic heterocycles. The molecular formula is C33H64NO7+. The van der Waals surface area contributed by atoms with Crippen molar-refractivity contribution in [2.24, 2.45) is 0 Å². The average molecular weight is 587 g/mol. The van der Waals surface area contributed by atoms with Crippen LogP contribution in [0.4, 0.5) is 0 Å². The molecule has 8 nitrogen and oxygen atoms in total. The third-order valence-electron chi connectivity index (χ3n) is 7.51. The van der Waals surface area contributed by atoms with Crippen molar-refractivity contribution < 1.29 is 38.2 Å². The lowest BCUT2D eigenvalue weighted by Gasteiger charge is -2.31. The van der Waals surface area contributed by atoms with Gasteiger partial charge in [0.15, 0.2) is 12.1 Å². The summed E-state index contributed by atoms with van der Waals surface area (Å²) in [7, 11) is 5.50. The first-order valence-corrected chi connectivity index (χ1v) is 16.6. The van der Waals surface area contributed by atoms with Gasteiger partial charge in [-0.3, -0.25) is 9.59 Å². The molecule has 0 fully saturated rings. The molecule has 242 valence electrons. The van der Waals surface area contributed by atoms with E-state index in [9.17, 15) is 19.5 Å². The Hall–Kier alpha value is -1.67. The molecule has 2 atom stereocenters. The summed E-state index contributed by atoms with van der Waals surface area (Å²) in [6, 6.07) is -0.604. The number of carbonyl (C=O) groups excluding carboxylic acids is 2. The topological polar surface area (TPSA) is 99.1 Å². The number of unbranched alkanes of at least 4 members (excludes halogenated alkanes) is 15. The van der Waals surface area contributed by atoms with Crippen molar-refractivity contribution in [1.82, 2.24) is 0 Å². The van der Waals surface area contributed by atoms with Crippen molar-refractivity contribution in [3.05, 3.63) is 0 Å². The van der Waals surface area contributed by atoms with Crippen molar-refractivity contribution in [1.29, 1.82) is 0 Å². The lowest BCUT2D eigenvalue weighted by atomic mass is 10.1. The number of ether oxygens (including phenoxy) is 3. The summed E-state index contributed by atoms with van der Waals surface area (Å²) in [6.45, 7) is 4.66. The highest BCUT2D eigenvalue weighted by Gasteiger charge is 2.31. The van der Waals surface area contributed by atoms with Crippen LogP contribution >= 0.6 is 0 Å². The van der Waals surface area contributed by atoms with Crippen molar-refractivity contribution in [2.75, 3.05) is 41.0 Å². The molecule has 0 bridgehead atoms. The summed E-state index contributed by atoms with van der Waals surface area (Å²) in [5, 5.41) is 9.52. The monoisotopic (exact) mass is 586 g/mol. The molecule has 0 heterocycles. The van der Waals surface area contributed by atoms with Crippen molar-refractivity contribution in [3.63, 3.8) is 0 Å². The minimum atomic E-state index is -0.875. The van der Waals surface area contributed by atoms with Crippen LogP contribution in [0.15, 0.2) is 0 Å². The van der Waals surface area contributed by atoms with Crippen LogP contribution in [0.25, 0.3) is 0 Å². The Balaban J connectivity index is 4.48. The van der Waals surface area contributed by atoms with E-state index in [0.29, 0.717) is 19.3 Å². The molecule has 1 N–H and O–H groups in total. The molecule has 0 aromatic rings. The van der Waals surface area contributed by atoms with Gasteiger partial charge in [-0.25, -0.2) is 4.79 Å². The molecule has 2 unspecified atom stereocenters.